The van der Waals surface area contributed by atoms with Crippen molar-refractivity contribution in [2.45, 2.75) is 19.9 Å². The predicted octanol–water partition coefficient (Wildman–Crippen LogP) is 1.82. The molecule has 1 aromatic carbocycles. The number of nitriles is 1. The van der Waals surface area contributed by atoms with E-state index in [0.717, 1.165) is 17.8 Å². The van der Waals surface area contributed by atoms with E-state index in [1.165, 1.54) is 6.92 Å². The number of rotatable bonds is 4. The van der Waals surface area contributed by atoms with Crippen LogP contribution in [-0.2, 0) is 4.79 Å². The van der Waals surface area contributed by atoms with Gasteiger partial charge in [-0.15, -0.1) is 0 Å². The van der Waals surface area contributed by atoms with E-state index < -0.39 is 0 Å². The summed E-state index contributed by atoms with van der Waals surface area (Å²) < 4.78 is 0. The topological polar surface area (TPSA) is 64.9 Å². The van der Waals surface area contributed by atoms with E-state index in [1.54, 1.807) is 12.1 Å². The molecule has 4 heteroatoms. The number of anilines is 1. The van der Waals surface area contributed by atoms with E-state index in [0.29, 0.717) is 0 Å². The quantitative estimate of drug-likeness (QED) is 0.808. The van der Waals surface area contributed by atoms with Gasteiger partial charge in [0.25, 0.3) is 0 Å². The van der Waals surface area contributed by atoms with Crippen molar-refractivity contribution in [2.24, 2.45) is 0 Å². The van der Waals surface area contributed by atoms with Gasteiger partial charge in [-0.1, -0.05) is 19.1 Å². The van der Waals surface area contributed by atoms with Gasteiger partial charge in [0.2, 0.25) is 5.91 Å². The summed E-state index contributed by atoms with van der Waals surface area (Å²) in [7, 11) is 0. The van der Waals surface area contributed by atoms with Crippen molar-refractivity contribution in [3.05, 3.63) is 29.8 Å². The summed E-state index contributed by atoms with van der Waals surface area (Å²) in [6.07, 6.45) is 0. The molecule has 84 valence electrons. The maximum atomic E-state index is 10.8. The highest BCUT2D eigenvalue weighted by Crippen LogP contribution is 2.15. The third-order valence-electron chi connectivity index (χ3n) is 2.10. The van der Waals surface area contributed by atoms with Crippen LogP contribution in [0.5, 0.6) is 0 Å². The maximum absolute atomic E-state index is 10.8. The number of nitrogens with zero attached hydrogens (tertiary/aromatic N) is 1. The summed E-state index contributed by atoms with van der Waals surface area (Å²) in [6.45, 7) is 4.16. The molecule has 0 bridgehead atoms. The SMILES string of the molecule is CCNC(C#N)c1ccc(NC(C)=O)cc1. The Bertz CT molecular complexity index is 392. The number of nitrogens with one attached hydrogen (secondary N) is 2. The van der Waals surface area contributed by atoms with Crippen LogP contribution in [0.1, 0.15) is 25.5 Å². The van der Waals surface area contributed by atoms with Crippen LogP contribution >= 0.6 is 0 Å². The van der Waals surface area contributed by atoms with E-state index in [2.05, 4.69) is 16.7 Å². The summed E-state index contributed by atoms with van der Waals surface area (Å²) in [6, 6.07) is 9.14. The Balaban J connectivity index is 2.77. The Morgan fingerprint density at radius 2 is 2.06 bits per heavy atom. The summed E-state index contributed by atoms with van der Waals surface area (Å²) in [5, 5.41) is 14.7. The number of benzene rings is 1. The fourth-order valence-corrected chi connectivity index (χ4v) is 1.40. The Labute approximate surface area is 95.3 Å². The molecule has 0 heterocycles. The largest absolute Gasteiger partial charge is 0.326 e. The molecule has 0 aliphatic rings. The lowest BCUT2D eigenvalue weighted by molar-refractivity contribution is -0.114. The van der Waals surface area contributed by atoms with Crippen molar-refractivity contribution in [3.8, 4) is 6.07 Å². The van der Waals surface area contributed by atoms with Gasteiger partial charge in [-0.05, 0) is 24.2 Å². The number of carbonyl (C=O) groups excluding carboxylic acids is 1. The molecule has 0 aliphatic carbocycles. The standard InChI is InChI=1S/C12H15N3O/c1-3-14-12(8-13)10-4-6-11(7-5-10)15-9(2)16/h4-7,12,14H,3H2,1-2H3,(H,15,16). The van der Waals surface area contributed by atoms with Crippen molar-refractivity contribution in [1.82, 2.24) is 5.32 Å². The molecular weight excluding hydrogens is 202 g/mol. The zero-order valence-electron chi connectivity index (χ0n) is 9.45. The van der Waals surface area contributed by atoms with Crippen molar-refractivity contribution in [1.29, 1.82) is 5.26 Å². The highest BCUT2D eigenvalue weighted by atomic mass is 16.1. The van der Waals surface area contributed by atoms with Crippen LogP contribution in [0, 0.1) is 11.3 Å². The molecule has 16 heavy (non-hydrogen) atoms. The Morgan fingerprint density at radius 1 is 1.44 bits per heavy atom. The number of carbonyl (C=O) groups is 1. The van der Waals surface area contributed by atoms with Gasteiger partial charge in [0, 0.05) is 12.6 Å². The van der Waals surface area contributed by atoms with Crippen molar-refractivity contribution < 1.29 is 4.79 Å². The number of amides is 1. The molecule has 1 rings (SSSR count). The first-order valence-corrected chi connectivity index (χ1v) is 5.18. The van der Waals surface area contributed by atoms with Gasteiger partial charge in [-0.2, -0.15) is 5.26 Å². The van der Waals surface area contributed by atoms with Crippen LogP contribution in [-0.4, -0.2) is 12.5 Å². The first-order chi connectivity index (χ1) is 7.67. The van der Waals surface area contributed by atoms with Gasteiger partial charge in [0.15, 0.2) is 0 Å². The molecule has 2 N–H and O–H groups in total. The van der Waals surface area contributed by atoms with E-state index in [-0.39, 0.29) is 11.9 Å². The van der Waals surface area contributed by atoms with Crippen LogP contribution in [0.4, 0.5) is 5.69 Å². The smallest absolute Gasteiger partial charge is 0.221 e. The molecule has 1 unspecified atom stereocenters. The predicted molar refractivity (Wildman–Crippen MR) is 62.8 cm³/mol. The Kier molecular flexibility index (Phi) is 4.49. The van der Waals surface area contributed by atoms with Gasteiger partial charge in [-0.25, -0.2) is 0 Å². The molecule has 0 radical (unpaired) electrons. The monoisotopic (exact) mass is 217 g/mol. The molecule has 1 atom stereocenters. The van der Waals surface area contributed by atoms with Gasteiger partial charge < -0.3 is 5.32 Å². The molecule has 0 spiro atoms. The minimum absolute atomic E-state index is 0.101. The van der Waals surface area contributed by atoms with Gasteiger partial charge in [0.1, 0.15) is 6.04 Å². The molecule has 0 aliphatic heterocycles. The summed E-state index contributed by atoms with van der Waals surface area (Å²) in [5.74, 6) is -0.101. The van der Waals surface area contributed by atoms with Crippen LogP contribution in [0.25, 0.3) is 0 Å². The molecule has 0 saturated heterocycles. The van der Waals surface area contributed by atoms with Crippen LogP contribution in [0.2, 0.25) is 0 Å². The summed E-state index contributed by atoms with van der Waals surface area (Å²) in [4.78, 5) is 10.8. The second-order valence-corrected chi connectivity index (χ2v) is 3.42. The lowest BCUT2D eigenvalue weighted by Gasteiger charge is -2.10. The fourth-order valence-electron chi connectivity index (χ4n) is 1.40. The molecule has 1 amide bonds. The Hall–Kier alpha value is -1.86. The van der Waals surface area contributed by atoms with Gasteiger partial charge >= 0.3 is 0 Å². The fraction of sp³-hybridized carbons (Fsp3) is 0.333. The lowest BCUT2D eigenvalue weighted by Crippen LogP contribution is -2.19. The Morgan fingerprint density at radius 3 is 2.50 bits per heavy atom. The average Bonchev–Trinajstić information content (AvgIpc) is 2.26. The normalized spacial score (nSPS) is 11.6. The second-order valence-electron chi connectivity index (χ2n) is 3.42. The molecule has 0 aromatic heterocycles. The zero-order chi connectivity index (χ0) is 12.0. The van der Waals surface area contributed by atoms with E-state index in [9.17, 15) is 4.79 Å². The molecular formula is C12H15N3O. The molecule has 1 aromatic rings. The maximum Gasteiger partial charge on any atom is 0.221 e. The lowest BCUT2D eigenvalue weighted by atomic mass is 10.1. The number of hydrogen-bond acceptors (Lipinski definition) is 3. The van der Waals surface area contributed by atoms with Crippen molar-refractivity contribution in [2.75, 3.05) is 11.9 Å². The molecule has 0 fully saturated rings. The van der Waals surface area contributed by atoms with Crippen LogP contribution in [0.15, 0.2) is 24.3 Å². The highest BCUT2D eigenvalue weighted by molar-refractivity contribution is 5.88. The molecule has 4 nitrogen and oxygen atoms in total. The van der Waals surface area contributed by atoms with E-state index in [1.807, 2.05) is 19.1 Å². The summed E-state index contributed by atoms with van der Waals surface area (Å²) in [5.41, 5.74) is 1.64. The van der Waals surface area contributed by atoms with E-state index in [4.69, 9.17) is 5.26 Å². The van der Waals surface area contributed by atoms with Crippen LogP contribution in [0.3, 0.4) is 0 Å². The van der Waals surface area contributed by atoms with Crippen molar-refractivity contribution in [3.63, 3.8) is 0 Å². The second kappa shape index (κ2) is 5.89. The van der Waals surface area contributed by atoms with Crippen LogP contribution < -0.4 is 10.6 Å². The van der Waals surface area contributed by atoms with Gasteiger partial charge in [0.05, 0.1) is 6.07 Å². The van der Waals surface area contributed by atoms with Gasteiger partial charge in [-0.3, -0.25) is 10.1 Å². The first kappa shape index (κ1) is 12.2. The molecule has 0 saturated carbocycles. The minimum Gasteiger partial charge on any atom is -0.326 e. The highest BCUT2D eigenvalue weighted by Gasteiger charge is 2.07. The van der Waals surface area contributed by atoms with Crippen molar-refractivity contribution >= 4 is 11.6 Å². The third-order valence-corrected chi connectivity index (χ3v) is 2.10. The first-order valence-electron chi connectivity index (χ1n) is 5.18. The zero-order valence-corrected chi connectivity index (χ0v) is 9.45. The summed E-state index contributed by atoms with van der Waals surface area (Å²) >= 11 is 0. The average molecular weight is 217 g/mol. The third kappa shape index (κ3) is 3.37. The van der Waals surface area contributed by atoms with E-state index >= 15 is 0 Å². The minimum atomic E-state index is -0.295. The number of hydrogen-bond donors (Lipinski definition) is 2.